The molecule has 137 heavy (non-hydrogen) atoms. The van der Waals surface area contributed by atoms with Gasteiger partial charge in [0.25, 0.3) is 12.7 Å². The summed E-state index contributed by atoms with van der Waals surface area (Å²) in [7, 11) is 0. The van der Waals surface area contributed by atoms with E-state index in [2.05, 4.69) is 277 Å². The van der Waals surface area contributed by atoms with Gasteiger partial charge in [0, 0.05) is 88.6 Å². The molecule has 662 valence electrons. The summed E-state index contributed by atoms with van der Waals surface area (Å²) >= 11 is 0. The Morgan fingerprint density at radius 3 is 1.17 bits per heavy atom. The quantitative estimate of drug-likeness (QED) is 0.0634. The van der Waals surface area contributed by atoms with E-state index in [1.807, 2.05) is 77.5 Å². The van der Waals surface area contributed by atoms with Crippen LogP contribution in [-0.2, 0) is 47.5 Å². The van der Waals surface area contributed by atoms with Crippen molar-refractivity contribution in [1.82, 2.24) is 28.2 Å². The molecule has 24 aromatic rings. The number of pyridine rings is 2. The maximum Gasteiger partial charge on any atom is 0.268 e. The number of hydrogen-bond acceptors (Lipinski definition) is 4. The molecule has 10 nitrogen and oxygen atoms in total. The molecule has 6 aromatic heterocycles. The van der Waals surface area contributed by atoms with E-state index in [1.165, 1.54) is 43.9 Å². The topological polar surface area (TPSA) is 71.7 Å². The molecular formula is C125H86N8O2Pt2-4. The van der Waals surface area contributed by atoms with Crippen LogP contribution in [-0.4, -0.2) is 28.2 Å². The summed E-state index contributed by atoms with van der Waals surface area (Å²) < 4.78 is 206. The molecule has 0 saturated carbocycles. The van der Waals surface area contributed by atoms with E-state index in [9.17, 15) is 15.1 Å². The number of para-hydroxylation sites is 8. The molecule has 0 aliphatic rings. The standard InChI is InChI=1S/C64H46N4O.C61H40N4O.2Pt/c1-64(2,3)50-38-39-65-62(40-50)68-58-25-11-10-22-56(58)57-37-36-53(42-61(57)68)69-52-21-14-20-51(41-52)66-43-67(60-27-13-12-26-59(60)66)63-54(48-32-28-46(29-33-48)44-16-6-4-7-17-44)23-15-24-55(63)49-34-30-47(31-35-49)45-18-8-5-9-19-45;1-42-24-26-44(27-25-42)46-30-34-48(35-31-46)53-19-12-18-52(47-32-28-45(29-33-47)43-13-3-2-4-14-43)61(53)64-41-63(57-21-7-8-22-58(57)64)49-15-11-16-50(39-49)66-51-36-37-55-54-17-5-6-20-56(54)65(59(55)40-51)60-23-9-10-38-62-60;;/h4-40H,1-3H3;2-38H,1H3;;/q2*-2;;/i;2D,3D,4D,12D,13D,14D,18D,19D,24D,25D,26D,27D,28D,29D,30D,31D,32D,33D,34D,35D;;. The maximum atomic E-state index is 9.69. The van der Waals surface area contributed by atoms with Gasteiger partial charge in [-0.05, 0) is 165 Å². The third-order valence-electron chi connectivity index (χ3n) is 23.8. The van der Waals surface area contributed by atoms with Crippen LogP contribution in [0.5, 0.6) is 23.0 Å². The first kappa shape index (κ1) is 67.0. The minimum Gasteiger partial charge on any atom is -0.510 e. The number of hydrogen-bond donors (Lipinski definition) is 0. The van der Waals surface area contributed by atoms with Crippen molar-refractivity contribution in [3.05, 3.63) is 497 Å². The molecular weight excluding hydrogens is 2040 g/mol. The molecule has 0 fully saturated rings. The van der Waals surface area contributed by atoms with E-state index >= 15 is 0 Å². The van der Waals surface area contributed by atoms with Crippen LogP contribution in [0.4, 0.5) is 0 Å². The van der Waals surface area contributed by atoms with Crippen LogP contribution in [0.25, 0.3) is 189 Å². The SMILES string of the molecule is CC(C)(C)c1ccnc(-n2c3[c-]c(Oc4[c-]c(-n5[c-][n+](-c6c(-c7ccc(-c8ccccc8)cc7)cccc6-c6ccc(-c7ccccc7)cc6)c6ccccc65)ccc4)ccc3c3ccccc32)c1.[2H]c1c([2H])c([2H])c(-c2c([2H])c([2H])c(-c3c([2H])c([2H])c([2H])c(-c4c([2H])c([2H])c(-c5c([2H])c([2H])c(C)c([2H])c5[2H])c([2H])c4[2H])c3-[n+]3[c-]n(-c4[c-]c(Oc5[c-]c6c(cc5)c5ccccc5n6-c5ccccn5)ccc4)c4ccccc43)c([2H])c2[2H])c([2H])c1[2H].[Pt].[Pt]. The summed E-state index contributed by atoms with van der Waals surface area (Å²) in [6, 6.07) is 103. The van der Waals surface area contributed by atoms with Gasteiger partial charge in [0.05, 0.1) is 60.9 Å². The van der Waals surface area contributed by atoms with Crippen molar-refractivity contribution in [2.75, 3.05) is 0 Å². The average molecular weight is 2140 g/mol. The normalized spacial score (nSPS) is 13.4. The van der Waals surface area contributed by atoms with E-state index in [1.54, 1.807) is 54.7 Å². The smallest absolute Gasteiger partial charge is 0.268 e. The van der Waals surface area contributed by atoms with Crippen LogP contribution in [0.3, 0.4) is 0 Å². The fourth-order valence-electron chi connectivity index (χ4n) is 17.3. The Labute approximate surface area is 852 Å². The van der Waals surface area contributed by atoms with Crippen molar-refractivity contribution in [3.63, 3.8) is 0 Å². The Morgan fingerprint density at radius 2 is 0.686 bits per heavy atom. The zero-order chi connectivity index (χ0) is 108. The van der Waals surface area contributed by atoms with Crippen molar-refractivity contribution in [2.45, 2.75) is 33.1 Å². The molecule has 0 N–H and O–H groups in total. The summed E-state index contributed by atoms with van der Waals surface area (Å²) in [5, 5.41) is 4.06. The maximum absolute atomic E-state index is 9.69. The Balaban J connectivity index is 0.000000183. The van der Waals surface area contributed by atoms with E-state index in [-0.39, 0.29) is 70.1 Å². The molecule has 0 saturated heterocycles. The largest absolute Gasteiger partial charge is 0.510 e. The molecule has 0 spiro atoms. The van der Waals surface area contributed by atoms with Gasteiger partial charge in [-0.15, -0.1) is 59.3 Å². The Morgan fingerprint density at radius 1 is 0.292 bits per heavy atom. The summed E-state index contributed by atoms with van der Waals surface area (Å²) in [4.78, 5) is 9.48. The zero-order valence-corrected chi connectivity index (χ0v) is 78.2. The number of benzene rings is 18. The molecule has 6 heterocycles. The number of fused-ring (bicyclic) bond motifs is 8. The number of imidazole rings is 2. The summed E-state index contributed by atoms with van der Waals surface area (Å²) in [5.74, 6) is 3.15. The predicted molar refractivity (Wildman–Crippen MR) is 547 cm³/mol. The molecule has 18 aromatic carbocycles. The third kappa shape index (κ3) is 17.1. The van der Waals surface area contributed by atoms with E-state index < -0.39 is 171 Å². The number of rotatable bonds is 18. The first-order chi connectivity index (χ1) is 74.8. The van der Waals surface area contributed by atoms with Crippen molar-refractivity contribution in [1.29, 1.82) is 0 Å². The second-order valence-corrected chi connectivity index (χ2v) is 33.3. The molecule has 0 aliphatic heterocycles. The fourth-order valence-corrected chi connectivity index (χ4v) is 17.3. The first-order valence-corrected chi connectivity index (χ1v) is 43.9. The predicted octanol–water partition coefficient (Wildman–Crippen LogP) is 30.1. The molecule has 0 aliphatic carbocycles. The van der Waals surface area contributed by atoms with Crippen molar-refractivity contribution in [2.24, 2.45) is 0 Å². The van der Waals surface area contributed by atoms with Crippen LogP contribution < -0.4 is 18.6 Å². The molecule has 0 bridgehead atoms. The van der Waals surface area contributed by atoms with Crippen molar-refractivity contribution in [3.8, 4) is 146 Å². The summed E-state index contributed by atoms with van der Waals surface area (Å²) in [5.41, 5.74) is 12.7. The monoisotopic (exact) mass is 2140 g/mol. The number of nitrogens with zero attached hydrogens (tertiary/aromatic N) is 8. The second-order valence-electron chi connectivity index (χ2n) is 33.3. The van der Waals surface area contributed by atoms with Gasteiger partial charge in [-0.1, -0.05) is 377 Å². The third-order valence-corrected chi connectivity index (χ3v) is 23.8. The van der Waals surface area contributed by atoms with Crippen LogP contribution >= 0.6 is 0 Å². The van der Waals surface area contributed by atoms with E-state index in [4.69, 9.17) is 26.8 Å². The molecule has 0 amide bonds. The first-order valence-electron chi connectivity index (χ1n) is 53.9. The van der Waals surface area contributed by atoms with Crippen LogP contribution in [0, 0.1) is 43.8 Å². The molecule has 0 radical (unpaired) electrons. The second kappa shape index (κ2) is 37.7. The van der Waals surface area contributed by atoms with E-state index in [0.29, 0.717) is 34.1 Å². The Bertz CT molecular complexity index is 9540. The van der Waals surface area contributed by atoms with Crippen molar-refractivity contribution >= 4 is 65.7 Å². The van der Waals surface area contributed by atoms with Gasteiger partial charge in [0.2, 0.25) is 0 Å². The van der Waals surface area contributed by atoms with Crippen molar-refractivity contribution < 1.29 is 88.2 Å². The van der Waals surface area contributed by atoms with Crippen LogP contribution in [0.15, 0.2) is 449 Å². The van der Waals surface area contributed by atoms with Gasteiger partial charge in [0.15, 0.2) is 0 Å². The molecule has 0 atom stereocenters. The van der Waals surface area contributed by atoms with Gasteiger partial charge in [-0.3, -0.25) is 9.13 Å². The minimum absolute atomic E-state index is 0. The minimum atomic E-state index is -0.943. The Hall–Kier alpha value is -16.2. The summed E-state index contributed by atoms with van der Waals surface area (Å²) in [6.45, 7) is 8.03. The van der Waals surface area contributed by atoms with Gasteiger partial charge in [-0.2, -0.15) is 36.4 Å². The van der Waals surface area contributed by atoms with Gasteiger partial charge < -0.3 is 27.7 Å². The molecule has 0 unspecified atom stereocenters. The van der Waals surface area contributed by atoms with Gasteiger partial charge in [-0.25, -0.2) is 9.97 Å². The number of ether oxygens (including phenoxy) is 2. The average Bonchev–Trinajstić information content (AvgIpc) is 1.69. The van der Waals surface area contributed by atoms with E-state index in [0.717, 1.165) is 88.6 Å². The molecule has 12 heteroatoms. The fraction of sp³-hybridized carbons (Fsp3) is 0.0400. The van der Waals surface area contributed by atoms with Gasteiger partial charge in [0.1, 0.15) is 11.6 Å². The van der Waals surface area contributed by atoms with Crippen LogP contribution in [0.2, 0.25) is 0 Å². The summed E-state index contributed by atoms with van der Waals surface area (Å²) in [6.07, 6.45) is 10.6. The van der Waals surface area contributed by atoms with Gasteiger partial charge >= 0.3 is 0 Å². The Kier molecular flexibility index (Phi) is 18.4. The van der Waals surface area contributed by atoms with Crippen LogP contribution in [0.1, 0.15) is 59.3 Å². The zero-order valence-electron chi connectivity index (χ0n) is 93.7. The number of aromatic nitrogens is 8. The molecule has 24 rings (SSSR count).